The van der Waals surface area contributed by atoms with Crippen molar-refractivity contribution in [3.63, 3.8) is 0 Å². The van der Waals surface area contributed by atoms with Crippen LogP contribution in [-0.4, -0.2) is 5.78 Å². The minimum Gasteiger partial charge on any atom is -0.289 e. The molecule has 0 heterocycles. The molecule has 3 aromatic carbocycles. The zero-order valence-corrected chi connectivity index (χ0v) is 14.8. The zero-order chi connectivity index (χ0) is 15.8. The van der Waals surface area contributed by atoms with Gasteiger partial charge in [-0.15, -0.1) is 12.6 Å². The molecule has 23 heavy (non-hydrogen) atoms. The summed E-state index contributed by atoms with van der Waals surface area (Å²) in [4.78, 5) is 12.7. The molecule has 0 bridgehead atoms. The minimum absolute atomic E-state index is 0. The lowest BCUT2D eigenvalue weighted by Crippen LogP contribution is -2.01. The van der Waals surface area contributed by atoms with Crippen LogP contribution in [0.1, 0.15) is 21.5 Å². The first kappa shape index (κ1) is 19.1. The average Bonchev–Trinajstić information content (AvgIpc) is 2.57. The fourth-order valence-corrected chi connectivity index (χ4v) is 2.21. The van der Waals surface area contributed by atoms with Gasteiger partial charge in [0.05, 0.1) is 0 Å². The van der Waals surface area contributed by atoms with E-state index in [4.69, 9.17) is 0 Å². The molecule has 0 atom stereocenters. The number of ketones is 1. The van der Waals surface area contributed by atoms with Gasteiger partial charge in [0.1, 0.15) is 0 Å². The highest BCUT2D eigenvalue weighted by Crippen LogP contribution is 2.17. The first-order valence-corrected chi connectivity index (χ1v) is 7.52. The minimum atomic E-state index is 0. The van der Waals surface area contributed by atoms with Crippen LogP contribution in [-0.2, 0) is 0 Å². The summed E-state index contributed by atoms with van der Waals surface area (Å²) >= 11 is 4.27. The van der Waals surface area contributed by atoms with E-state index in [0.717, 1.165) is 0 Å². The Morgan fingerprint density at radius 1 is 0.739 bits per heavy atom. The third kappa shape index (κ3) is 5.97. The Bertz CT molecular complexity index is 725. The van der Waals surface area contributed by atoms with Crippen molar-refractivity contribution >= 4 is 31.9 Å². The second-order valence-electron chi connectivity index (χ2n) is 4.87. The van der Waals surface area contributed by atoms with Crippen LogP contribution in [0.25, 0.3) is 0 Å². The predicted octanol–water partition coefficient (Wildman–Crippen LogP) is 5.31. The molecule has 0 aliphatic heterocycles. The summed E-state index contributed by atoms with van der Waals surface area (Å²) in [7, 11) is 0. The van der Waals surface area contributed by atoms with E-state index in [1.54, 1.807) is 6.07 Å². The quantitative estimate of drug-likeness (QED) is 0.494. The Hall–Kier alpha value is -1.97. The van der Waals surface area contributed by atoms with Crippen LogP contribution in [0, 0.1) is 6.92 Å². The lowest BCUT2D eigenvalue weighted by Gasteiger charge is -2.03. The van der Waals surface area contributed by atoms with Crippen LogP contribution in [0.2, 0.25) is 0 Å². The molecule has 3 aromatic rings. The molecule has 0 aliphatic carbocycles. The maximum Gasteiger partial charge on any atom is 0.194 e. The number of carbonyl (C=O) groups is 1. The number of aryl methyl sites for hydroxylation is 1. The molecule has 0 aliphatic rings. The molecule has 0 saturated carbocycles. The zero-order valence-electron chi connectivity index (χ0n) is 12.9. The summed E-state index contributed by atoms with van der Waals surface area (Å²) in [6.45, 7) is 2.08. The molecule has 0 N–H and O–H groups in total. The molecule has 3 heteroatoms. The topological polar surface area (TPSA) is 17.1 Å². The van der Waals surface area contributed by atoms with Gasteiger partial charge in [0.15, 0.2) is 5.78 Å². The van der Waals surface area contributed by atoms with E-state index in [2.05, 4.69) is 31.7 Å². The lowest BCUT2D eigenvalue weighted by molar-refractivity contribution is 0.103. The molecule has 1 nitrogen and oxygen atoms in total. The van der Waals surface area contributed by atoms with Gasteiger partial charge < -0.3 is 0 Å². The highest BCUT2D eigenvalue weighted by molar-refractivity contribution is 7.80. The molecule has 0 radical (unpaired) electrons. The molecule has 0 amide bonds. The van der Waals surface area contributed by atoms with Gasteiger partial charge in [-0.25, -0.2) is 0 Å². The Kier molecular flexibility index (Phi) is 8.23. The third-order valence-electron chi connectivity index (χ3n) is 3.13. The van der Waals surface area contributed by atoms with Crippen LogP contribution in [0.5, 0.6) is 0 Å². The van der Waals surface area contributed by atoms with Gasteiger partial charge in [-0.2, -0.15) is 13.5 Å². The highest BCUT2D eigenvalue weighted by Gasteiger charge is 2.10. The van der Waals surface area contributed by atoms with E-state index >= 15 is 0 Å². The van der Waals surface area contributed by atoms with E-state index in [-0.39, 0.29) is 19.3 Å². The van der Waals surface area contributed by atoms with Crippen molar-refractivity contribution < 1.29 is 4.79 Å². The Morgan fingerprint density at radius 3 is 1.70 bits per heavy atom. The molecule has 0 fully saturated rings. The molecule has 118 valence electrons. The van der Waals surface area contributed by atoms with Crippen molar-refractivity contribution in [2.75, 3.05) is 0 Å². The van der Waals surface area contributed by atoms with Gasteiger partial charge in [0, 0.05) is 16.0 Å². The summed E-state index contributed by atoms with van der Waals surface area (Å²) in [5.74, 6) is 0.0150. The Morgan fingerprint density at radius 2 is 1.22 bits per heavy atom. The molecular formula is C20H20OS2. The van der Waals surface area contributed by atoms with E-state index in [0.29, 0.717) is 16.0 Å². The number of carbonyl (C=O) groups excluding carboxylic acids is 1. The normalized spacial score (nSPS) is 9.13. The van der Waals surface area contributed by atoms with Gasteiger partial charge in [-0.1, -0.05) is 78.4 Å². The van der Waals surface area contributed by atoms with E-state index in [1.165, 1.54) is 5.56 Å². The highest BCUT2D eigenvalue weighted by atomic mass is 32.1. The molecule has 0 aromatic heterocycles. The number of rotatable bonds is 2. The van der Waals surface area contributed by atoms with Gasteiger partial charge in [-0.3, -0.25) is 4.79 Å². The monoisotopic (exact) mass is 340 g/mol. The predicted molar refractivity (Wildman–Crippen MR) is 105 cm³/mol. The molecule has 0 spiro atoms. The van der Waals surface area contributed by atoms with Crippen molar-refractivity contribution in [3.8, 4) is 0 Å². The summed E-state index contributed by atoms with van der Waals surface area (Å²) in [6.07, 6.45) is 0. The van der Waals surface area contributed by atoms with E-state index < -0.39 is 0 Å². The number of hydrogen-bond acceptors (Lipinski definition) is 2. The molecule has 0 saturated heterocycles. The third-order valence-corrected chi connectivity index (χ3v) is 3.52. The fourth-order valence-electron chi connectivity index (χ4n) is 1.95. The van der Waals surface area contributed by atoms with E-state index in [9.17, 15) is 4.79 Å². The summed E-state index contributed by atoms with van der Waals surface area (Å²) in [5, 5.41) is 0. The van der Waals surface area contributed by atoms with Crippen molar-refractivity contribution in [3.05, 3.63) is 102 Å². The summed E-state index contributed by atoms with van der Waals surface area (Å²) < 4.78 is 0. The number of hydrogen-bond donors (Lipinski definition) is 1. The van der Waals surface area contributed by atoms with Crippen molar-refractivity contribution in [2.45, 2.75) is 11.8 Å². The summed E-state index contributed by atoms with van der Waals surface area (Å²) in [5.41, 5.74) is 2.66. The largest absolute Gasteiger partial charge is 0.289 e. The molecule has 0 unspecified atom stereocenters. The maximum absolute atomic E-state index is 12.0. The van der Waals surface area contributed by atoms with Crippen LogP contribution >= 0.6 is 26.1 Å². The average molecular weight is 341 g/mol. The Balaban J connectivity index is 0.000000280. The SMILES string of the molecule is Cc1ccccc1.O=C(c1ccccc1)c1ccccc1S.S. The maximum atomic E-state index is 12.0. The van der Waals surface area contributed by atoms with E-state index in [1.807, 2.05) is 66.7 Å². The van der Waals surface area contributed by atoms with Crippen molar-refractivity contribution in [1.82, 2.24) is 0 Å². The molecular weight excluding hydrogens is 320 g/mol. The Labute approximate surface area is 150 Å². The van der Waals surface area contributed by atoms with Crippen LogP contribution in [0.3, 0.4) is 0 Å². The van der Waals surface area contributed by atoms with Crippen molar-refractivity contribution in [2.24, 2.45) is 0 Å². The van der Waals surface area contributed by atoms with Crippen LogP contribution in [0.4, 0.5) is 0 Å². The van der Waals surface area contributed by atoms with Crippen LogP contribution in [0.15, 0.2) is 89.8 Å². The second-order valence-corrected chi connectivity index (χ2v) is 5.35. The van der Waals surface area contributed by atoms with Gasteiger partial charge >= 0.3 is 0 Å². The first-order valence-electron chi connectivity index (χ1n) is 7.08. The smallest absolute Gasteiger partial charge is 0.194 e. The van der Waals surface area contributed by atoms with Crippen molar-refractivity contribution in [1.29, 1.82) is 0 Å². The van der Waals surface area contributed by atoms with Gasteiger partial charge in [0.25, 0.3) is 0 Å². The molecule has 3 rings (SSSR count). The van der Waals surface area contributed by atoms with Gasteiger partial charge in [-0.05, 0) is 19.1 Å². The number of thiol groups is 1. The fraction of sp³-hybridized carbons (Fsp3) is 0.0500. The first-order chi connectivity index (χ1) is 10.7. The van der Waals surface area contributed by atoms with Gasteiger partial charge in [0.2, 0.25) is 0 Å². The number of benzene rings is 3. The van der Waals surface area contributed by atoms with Crippen LogP contribution < -0.4 is 0 Å². The standard InChI is InChI=1S/C13H10OS.C7H8.H2S/c14-13(10-6-2-1-3-7-10)11-8-4-5-9-12(11)15;1-7-5-3-2-4-6-7;/h1-9,15H;2-6H,1H3;1H2. The lowest BCUT2D eigenvalue weighted by atomic mass is 10.0. The summed E-state index contributed by atoms with van der Waals surface area (Å²) in [6, 6.07) is 26.8. The second kappa shape index (κ2) is 9.93.